The fraction of sp³-hybridized carbons (Fsp3) is 0. The van der Waals surface area contributed by atoms with Crippen molar-refractivity contribution in [2.75, 3.05) is 0 Å². The van der Waals surface area contributed by atoms with E-state index >= 15 is 0 Å². The number of hydrogen-bond donors (Lipinski definition) is 0. The van der Waals surface area contributed by atoms with Gasteiger partial charge >= 0.3 is 0 Å². The summed E-state index contributed by atoms with van der Waals surface area (Å²) in [4.78, 5) is 19.1. The molecule has 49 heavy (non-hydrogen) atoms. The smallest absolute Gasteiger partial charge is 0.0964 e. The Balaban J connectivity index is 1.10. The molecule has 0 saturated carbocycles. The monoisotopic (exact) mass is 642 g/mol. The largest absolute Gasteiger partial charge is 0.256 e. The van der Waals surface area contributed by atoms with Gasteiger partial charge < -0.3 is 0 Å². The maximum atomic E-state index is 5.02. The Labute approximate surface area is 286 Å². The van der Waals surface area contributed by atoms with E-state index in [0.29, 0.717) is 0 Å². The summed E-state index contributed by atoms with van der Waals surface area (Å²) in [5.74, 6) is 0. The van der Waals surface area contributed by atoms with Gasteiger partial charge in [0.1, 0.15) is 0 Å². The quantitative estimate of drug-likeness (QED) is 0.179. The van der Waals surface area contributed by atoms with Crippen LogP contribution in [0.25, 0.3) is 97.5 Å². The van der Waals surface area contributed by atoms with Crippen LogP contribution in [-0.2, 0) is 0 Å². The van der Waals surface area contributed by atoms with Crippen molar-refractivity contribution in [2.45, 2.75) is 0 Å². The van der Waals surface area contributed by atoms with Crippen LogP contribution >= 0.6 is 11.3 Å². The molecular formula is C44H26N4S. The van der Waals surface area contributed by atoms with Crippen molar-refractivity contribution in [2.24, 2.45) is 0 Å². The first-order valence-corrected chi connectivity index (χ1v) is 17.1. The standard InChI is InChI=1S/C44H26N4S/c1-2-11-41-37(7-1)38-16-14-28(24-42(38)49-41)31-21-32(35-8-3-10-40-36(35)9-5-18-45-40)23-33(22-31)39-17-15-30(25-47-39)34-20-29-13-12-27-6-4-19-46-43(27)44(29)48-26-34/h1-26H. The molecule has 5 aromatic heterocycles. The number of fused-ring (bicyclic) bond motifs is 7. The average molecular weight is 643 g/mol. The molecule has 0 unspecified atom stereocenters. The fourth-order valence-electron chi connectivity index (χ4n) is 6.99. The molecule has 10 aromatic rings. The summed E-state index contributed by atoms with van der Waals surface area (Å²) >= 11 is 1.84. The Morgan fingerprint density at radius 3 is 2.12 bits per heavy atom. The van der Waals surface area contributed by atoms with Crippen LogP contribution < -0.4 is 0 Å². The van der Waals surface area contributed by atoms with Crippen molar-refractivity contribution in [3.8, 4) is 44.6 Å². The second-order valence-electron chi connectivity index (χ2n) is 12.4. The Bertz CT molecular complexity index is 2890. The predicted octanol–water partition coefficient (Wildman–Crippen LogP) is 11.8. The van der Waals surface area contributed by atoms with Crippen LogP contribution in [0.2, 0.25) is 0 Å². The maximum absolute atomic E-state index is 5.02. The van der Waals surface area contributed by atoms with E-state index in [-0.39, 0.29) is 0 Å². The summed E-state index contributed by atoms with van der Waals surface area (Å²) in [5, 5.41) is 5.88. The first-order chi connectivity index (χ1) is 24.2. The minimum atomic E-state index is 0.910. The maximum Gasteiger partial charge on any atom is 0.0964 e. The molecule has 0 aliphatic carbocycles. The van der Waals surface area contributed by atoms with E-state index in [0.717, 1.165) is 71.8 Å². The van der Waals surface area contributed by atoms with Gasteiger partial charge in [-0.25, -0.2) is 0 Å². The first-order valence-electron chi connectivity index (χ1n) is 16.3. The third-order valence-electron chi connectivity index (χ3n) is 9.42. The molecule has 5 aromatic carbocycles. The zero-order valence-corrected chi connectivity index (χ0v) is 27.0. The Hall–Kier alpha value is -6.30. The molecule has 0 fully saturated rings. The average Bonchev–Trinajstić information content (AvgIpc) is 3.55. The molecule has 4 nitrogen and oxygen atoms in total. The number of hydrogen-bond acceptors (Lipinski definition) is 5. The summed E-state index contributed by atoms with van der Waals surface area (Å²) in [6, 6.07) is 47.5. The molecule has 0 bridgehead atoms. The number of aromatic nitrogens is 4. The summed E-state index contributed by atoms with van der Waals surface area (Å²) < 4.78 is 2.60. The van der Waals surface area contributed by atoms with Crippen molar-refractivity contribution < 1.29 is 0 Å². The van der Waals surface area contributed by atoms with Gasteiger partial charge in [-0.15, -0.1) is 11.3 Å². The molecule has 0 atom stereocenters. The van der Waals surface area contributed by atoms with E-state index in [1.165, 1.54) is 25.7 Å². The van der Waals surface area contributed by atoms with E-state index in [1.54, 1.807) is 0 Å². The number of thiophene rings is 1. The van der Waals surface area contributed by atoms with Gasteiger partial charge in [0.15, 0.2) is 0 Å². The molecule has 5 heterocycles. The minimum Gasteiger partial charge on any atom is -0.256 e. The fourth-order valence-corrected chi connectivity index (χ4v) is 8.13. The molecule has 0 aliphatic heterocycles. The van der Waals surface area contributed by atoms with E-state index in [1.807, 2.05) is 48.3 Å². The normalized spacial score (nSPS) is 11.7. The Morgan fingerprint density at radius 2 is 1.16 bits per heavy atom. The zero-order valence-electron chi connectivity index (χ0n) is 26.2. The van der Waals surface area contributed by atoms with E-state index in [4.69, 9.17) is 9.97 Å². The lowest BCUT2D eigenvalue weighted by Gasteiger charge is -2.13. The number of pyridine rings is 4. The highest BCUT2D eigenvalue weighted by molar-refractivity contribution is 7.25. The molecule has 5 heteroatoms. The Kier molecular flexibility index (Phi) is 6.32. The lowest BCUT2D eigenvalue weighted by Crippen LogP contribution is -1.91. The van der Waals surface area contributed by atoms with Crippen LogP contribution in [0.4, 0.5) is 0 Å². The van der Waals surface area contributed by atoms with Gasteiger partial charge in [-0.1, -0.05) is 72.8 Å². The summed E-state index contributed by atoms with van der Waals surface area (Å²) in [5.41, 5.74) is 11.4. The van der Waals surface area contributed by atoms with Crippen LogP contribution in [-0.4, -0.2) is 19.9 Å². The highest BCUT2D eigenvalue weighted by atomic mass is 32.1. The van der Waals surface area contributed by atoms with Crippen molar-refractivity contribution in [1.29, 1.82) is 0 Å². The lowest BCUT2D eigenvalue weighted by molar-refractivity contribution is 1.32. The molecular weight excluding hydrogens is 617 g/mol. The van der Waals surface area contributed by atoms with Crippen molar-refractivity contribution in [1.82, 2.24) is 19.9 Å². The highest BCUT2D eigenvalue weighted by Crippen LogP contribution is 2.39. The van der Waals surface area contributed by atoms with E-state index < -0.39 is 0 Å². The summed E-state index contributed by atoms with van der Waals surface area (Å²) in [6.45, 7) is 0. The number of rotatable bonds is 4. The molecule has 0 spiro atoms. The molecule has 10 rings (SSSR count). The van der Waals surface area contributed by atoms with Crippen LogP contribution in [0.3, 0.4) is 0 Å². The highest BCUT2D eigenvalue weighted by Gasteiger charge is 2.13. The summed E-state index contributed by atoms with van der Waals surface area (Å²) in [6.07, 6.45) is 7.54. The van der Waals surface area contributed by atoms with Gasteiger partial charge in [0, 0.05) is 77.8 Å². The number of benzene rings is 5. The molecule has 0 saturated heterocycles. The van der Waals surface area contributed by atoms with E-state index in [2.05, 4.69) is 131 Å². The molecule has 0 aliphatic rings. The van der Waals surface area contributed by atoms with Gasteiger partial charge in [0.2, 0.25) is 0 Å². The van der Waals surface area contributed by atoms with Crippen LogP contribution in [0, 0.1) is 0 Å². The molecule has 0 N–H and O–H groups in total. The third kappa shape index (κ3) is 4.74. The summed E-state index contributed by atoms with van der Waals surface area (Å²) in [7, 11) is 0. The van der Waals surface area contributed by atoms with Crippen molar-refractivity contribution >= 4 is 64.2 Å². The minimum absolute atomic E-state index is 0.910. The SMILES string of the molecule is c1cnc2c(c1)ccc1cc(-c3ccc(-c4cc(-c5ccc6c(c5)sc5ccccc56)cc(-c5cccc6ncccc56)c4)nc3)cnc12. The third-order valence-corrected chi connectivity index (χ3v) is 10.6. The second-order valence-corrected chi connectivity index (χ2v) is 13.4. The first kappa shape index (κ1) is 27.8. The van der Waals surface area contributed by atoms with Crippen LogP contribution in [0.5, 0.6) is 0 Å². The molecule has 228 valence electrons. The molecule has 0 amide bonds. The van der Waals surface area contributed by atoms with Crippen molar-refractivity contribution in [3.63, 3.8) is 0 Å². The Morgan fingerprint density at radius 1 is 0.388 bits per heavy atom. The number of nitrogens with zero attached hydrogens (tertiary/aromatic N) is 4. The lowest BCUT2D eigenvalue weighted by atomic mass is 9.92. The van der Waals surface area contributed by atoms with Gasteiger partial charge in [-0.05, 0) is 82.9 Å². The topological polar surface area (TPSA) is 51.6 Å². The van der Waals surface area contributed by atoms with Crippen LogP contribution in [0.1, 0.15) is 0 Å². The van der Waals surface area contributed by atoms with Gasteiger partial charge in [0.25, 0.3) is 0 Å². The predicted molar refractivity (Wildman–Crippen MR) is 205 cm³/mol. The van der Waals surface area contributed by atoms with Gasteiger partial charge in [-0.3, -0.25) is 19.9 Å². The van der Waals surface area contributed by atoms with Crippen LogP contribution in [0.15, 0.2) is 158 Å². The van der Waals surface area contributed by atoms with Gasteiger partial charge in [0.05, 0.1) is 22.2 Å². The molecule has 0 radical (unpaired) electrons. The second kappa shape index (κ2) is 11.2. The van der Waals surface area contributed by atoms with E-state index in [9.17, 15) is 0 Å². The zero-order chi connectivity index (χ0) is 32.3. The van der Waals surface area contributed by atoms with Crippen molar-refractivity contribution in [3.05, 3.63) is 158 Å². The van der Waals surface area contributed by atoms with Gasteiger partial charge in [-0.2, -0.15) is 0 Å².